The molecule has 0 aromatic carbocycles. The van der Waals surface area contributed by atoms with E-state index in [0.717, 1.165) is 0 Å². The lowest BCUT2D eigenvalue weighted by molar-refractivity contribution is 0.203. The minimum Gasteiger partial charge on any atom is -0.493 e. The van der Waals surface area contributed by atoms with Crippen molar-refractivity contribution >= 4 is 22.9 Å². The number of aliphatic hydroxyl groups is 1. The lowest BCUT2D eigenvalue weighted by Gasteiger charge is -2.16. The molecule has 2 aromatic heterocycles. The highest BCUT2D eigenvalue weighted by Crippen LogP contribution is 2.37. The van der Waals surface area contributed by atoms with E-state index in [1.807, 2.05) is 19.2 Å². The van der Waals surface area contributed by atoms with E-state index in [2.05, 4.69) is 5.10 Å². The van der Waals surface area contributed by atoms with Gasteiger partial charge in [0.1, 0.15) is 11.8 Å². The Bertz CT molecular complexity index is 536. The van der Waals surface area contributed by atoms with Crippen LogP contribution in [0.15, 0.2) is 17.6 Å². The number of aromatic nitrogens is 2. The van der Waals surface area contributed by atoms with Gasteiger partial charge in [0.05, 0.1) is 23.2 Å². The average Bonchev–Trinajstić information content (AvgIpc) is 2.93. The minimum absolute atomic E-state index is 0.136. The number of aliphatic hydroxyl groups excluding tert-OH is 1. The second-order valence-electron chi connectivity index (χ2n) is 4.17. The van der Waals surface area contributed by atoms with Gasteiger partial charge in [-0.25, -0.2) is 0 Å². The number of nitrogens with zero attached hydrogens (tertiary/aromatic N) is 2. The van der Waals surface area contributed by atoms with Gasteiger partial charge in [-0.1, -0.05) is 11.6 Å². The van der Waals surface area contributed by atoms with Gasteiger partial charge in [-0.2, -0.15) is 5.10 Å². The Morgan fingerprint density at radius 2 is 2.22 bits per heavy atom. The molecule has 0 aliphatic heterocycles. The Hall–Kier alpha value is -1.04. The first kappa shape index (κ1) is 13.4. The van der Waals surface area contributed by atoms with Crippen LogP contribution in [-0.4, -0.2) is 22.0 Å². The van der Waals surface area contributed by atoms with Crippen molar-refractivity contribution in [2.45, 2.75) is 26.0 Å². The molecule has 18 heavy (non-hydrogen) atoms. The second-order valence-corrected chi connectivity index (χ2v) is 5.53. The molecule has 2 heterocycles. The maximum Gasteiger partial charge on any atom is 0.163 e. The first-order valence-electron chi connectivity index (χ1n) is 5.58. The summed E-state index contributed by atoms with van der Waals surface area (Å²) in [5, 5.41) is 17.1. The van der Waals surface area contributed by atoms with Crippen LogP contribution in [0, 0.1) is 0 Å². The Kier molecular flexibility index (Phi) is 3.94. The first-order valence-corrected chi connectivity index (χ1v) is 6.84. The molecule has 98 valence electrons. The van der Waals surface area contributed by atoms with Crippen molar-refractivity contribution < 1.29 is 9.84 Å². The quantitative estimate of drug-likeness (QED) is 0.938. The fourth-order valence-corrected chi connectivity index (χ4v) is 2.96. The van der Waals surface area contributed by atoms with Crippen LogP contribution in [0.25, 0.3) is 0 Å². The van der Waals surface area contributed by atoms with E-state index in [0.29, 0.717) is 21.3 Å². The third kappa shape index (κ3) is 2.25. The topological polar surface area (TPSA) is 47.3 Å². The number of hydrogen-bond acceptors (Lipinski definition) is 4. The van der Waals surface area contributed by atoms with Crippen LogP contribution in [0.5, 0.6) is 5.75 Å². The number of halogens is 1. The maximum atomic E-state index is 10.5. The minimum atomic E-state index is -0.822. The zero-order valence-electron chi connectivity index (χ0n) is 10.4. The van der Waals surface area contributed by atoms with Crippen molar-refractivity contribution in [1.29, 1.82) is 0 Å². The smallest absolute Gasteiger partial charge is 0.163 e. The van der Waals surface area contributed by atoms with Crippen LogP contribution in [-0.2, 0) is 0 Å². The molecule has 1 unspecified atom stereocenters. The van der Waals surface area contributed by atoms with E-state index in [1.165, 1.54) is 11.3 Å². The molecule has 1 atom stereocenters. The summed E-state index contributed by atoms with van der Waals surface area (Å²) in [6.45, 7) is 4.00. The normalized spacial score (nSPS) is 13.0. The van der Waals surface area contributed by atoms with Crippen LogP contribution >= 0.6 is 22.9 Å². The predicted octanol–water partition coefficient (Wildman–Crippen LogP) is 3.27. The summed E-state index contributed by atoms with van der Waals surface area (Å²) in [5.41, 5.74) is 0.636. The highest BCUT2D eigenvalue weighted by atomic mass is 35.5. The molecule has 4 nitrogen and oxygen atoms in total. The molecular formula is C12H15ClN2O2S. The van der Waals surface area contributed by atoms with Crippen molar-refractivity contribution in [3.63, 3.8) is 0 Å². The molecule has 1 N–H and O–H groups in total. The Labute approximate surface area is 115 Å². The first-order chi connectivity index (χ1) is 8.56. The van der Waals surface area contributed by atoms with Gasteiger partial charge in [-0.05, 0) is 25.3 Å². The van der Waals surface area contributed by atoms with Crippen LogP contribution in [0.3, 0.4) is 0 Å². The molecule has 0 radical (unpaired) electrons. The van der Waals surface area contributed by atoms with E-state index in [-0.39, 0.29) is 6.04 Å². The highest BCUT2D eigenvalue weighted by molar-refractivity contribution is 7.10. The number of thiophene rings is 1. The molecule has 6 heteroatoms. The van der Waals surface area contributed by atoms with Gasteiger partial charge in [0.25, 0.3) is 0 Å². The van der Waals surface area contributed by atoms with Gasteiger partial charge in [0.15, 0.2) is 5.75 Å². The molecule has 0 spiro atoms. The fraction of sp³-hybridized carbons (Fsp3) is 0.417. The summed E-state index contributed by atoms with van der Waals surface area (Å²) in [4.78, 5) is 0.706. The predicted molar refractivity (Wildman–Crippen MR) is 72.6 cm³/mol. The van der Waals surface area contributed by atoms with Crippen molar-refractivity contribution in [3.8, 4) is 5.75 Å². The maximum absolute atomic E-state index is 10.5. The molecule has 0 bridgehead atoms. The largest absolute Gasteiger partial charge is 0.493 e. The molecule has 2 aromatic rings. The molecular weight excluding hydrogens is 272 g/mol. The highest BCUT2D eigenvalue weighted by Gasteiger charge is 2.25. The third-order valence-electron chi connectivity index (χ3n) is 2.66. The van der Waals surface area contributed by atoms with E-state index in [4.69, 9.17) is 16.3 Å². The van der Waals surface area contributed by atoms with Crippen molar-refractivity contribution in [2.75, 3.05) is 7.11 Å². The summed E-state index contributed by atoms with van der Waals surface area (Å²) < 4.78 is 7.00. The van der Waals surface area contributed by atoms with Gasteiger partial charge in [-0.15, -0.1) is 11.3 Å². The second kappa shape index (κ2) is 5.30. The molecule has 0 fully saturated rings. The number of rotatable bonds is 4. The van der Waals surface area contributed by atoms with Gasteiger partial charge in [0, 0.05) is 6.04 Å². The van der Waals surface area contributed by atoms with Crippen LogP contribution < -0.4 is 4.74 Å². The lowest BCUT2D eigenvalue weighted by atomic mass is 10.2. The Balaban J connectivity index is 2.49. The summed E-state index contributed by atoms with van der Waals surface area (Å²) in [7, 11) is 1.56. The van der Waals surface area contributed by atoms with Crippen molar-refractivity contribution in [2.24, 2.45) is 0 Å². The molecule has 0 saturated heterocycles. The zero-order valence-corrected chi connectivity index (χ0v) is 12.0. The summed E-state index contributed by atoms with van der Waals surface area (Å²) in [5.74, 6) is 0.570. The molecule has 0 saturated carbocycles. The number of hydrogen-bond donors (Lipinski definition) is 1. The van der Waals surface area contributed by atoms with E-state index in [1.54, 1.807) is 24.1 Å². The molecule has 0 aliphatic rings. The van der Waals surface area contributed by atoms with Crippen molar-refractivity contribution in [3.05, 3.63) is 33.2 Å². The van der Waals surface area contributed by atoms with Crippen LogP contribution in [0.2, 0.25) is 5.02 Å². The number of ether oxygens (including phenoxy) is 1. The van der Waals surface area contributed by atoms with Gasteiger partial charge >= 0.3 is 0 Å². The SMILES string of the molecule is COc1cnn(C(C)C)c1C(O)c1sccc1Cl. The molecule has 2 rings (SSSR count). The third-order valence-corrected chi connectivity index (χ3v) is 4.07. The van der Waals surface area contributed by atoms with E-state index >= 15 is 0 Å². The molecule has 0 amide bonds. The van der Waals surface area contributed by atoms with Gasteiger partial charge in [0.2, 0.25) is 0 Å². The Morgan fingerprint density at radius 1 is 1.50 bits per heavy atom. The van der Waals surface area contributed by atoms with Gasteiger partial charge < -0.3 is 9.84 Å². The summed E-state index contributed by atoms with van der Waals surface area (Å²) in [6.07, 6.45) is 0.789. The monoisotopic (exact) mass is 286 g/mol. The van der Waals surface area contributed by atoms with E-state index < -0.39 is 6.10 Å². The fourth-order valence-electron chi connectivity index (χ4n) is 1.81. The average molecular weight is 287 g/mol. The van der Waals surface area contributed by atoms with Gasteiger partial charge in [-0.3, -0.25) is 4.68 Å². The van der Waals surface area contributed by atoms with Crippen molar-refractivity contribution in [1.82, 2.24) is 9.78 Å². The van der Waals surface area contributed by atoms with E-state index in [9.17, 15) is 5.11 Å². The standard InChI is InChI=1S/C12H15ClN2O2S/c1-7(2)15-10(9(17-3)6-14-15)11(16)12-8(13)4-5-18-12/h4-7,11,16H,1-3H3. The van der Waals surface area contributed by atoms with Crippen LogP contribution in [0.1, 0.15) is 36.6 Å². The summed E-state index contributed by atoms with van der Waals surface area (Å²) >= 11 is 7.48. The zero-order chi connectivity index (χ0) is 13.3. The lowest BCUT2D eigenvalue weighted by Crippen LogP contribution is -2.12. The van der Waals surface area contributed by atoms with Crippen LogP contribution in [0.4, 0.5) is 0 Å². The Morgan fingerprint density at radius 3 is 2.72 bits per heavy atom. The molecule has 0 aliphatic carbocycles. The number of methoxy groups -OCH3 is 1. The summed E-state index contributed by atoms with van der Waals surface area (Å²) in [6, 6.07) is 1.91.